The van der Waals surface area contributed by atoms with Crippen molar-refractivity contribution in [2.75, 3.05) is 11.9 Å². The Morgan fingerprint density at radius 3 is 2.88 bits per heavy atom. The van der Waals surface area contributed by atoms with E-state index in [0.717, 1.165) is 36.3 Å². The van der Waals surface area contributed by atoms with E-state index in [4.69, 9.17) is 11.6 Å². The lowest BCUT2D eigenvalue weighted by Gasteiger charge is -2.19. The number of aliphatic hydroxyl groups is 1. The van der Waals surface area contributed by atoms with Crippen molar-refractivity contribution in [1.82, 2.24) is 9.97 Å². The molecule has 5 heteroatoms. The Balaban J connectivity index is 2.25. The minimum Gasteiger partial charge on any atom is -0.392 e. The van der Waals surface area contributed by atoms with Gasteiger partial charge in [-0.05, 0) is 44.2 Å². The predicted molar refractivity (Wildman–Crippen MR) is 63.9 cm³/mol. The van der Waals surface area contributed by atoms with Crippen molar-refractivity contribution < 1.29 is 5.11 Å². The van der Waals surface area contributed by atoms with E-state index in [1.54, 1.807) is 6.92 Å². The number of anilines is 1. The smallest absolute Gasteiger partial charge is 0.224 e. The zero-order chi connectivity index (χ0) is 11.5. The zero-order valence-corrected chi connectivity index (χ0v) is 10.1. The van der Waals surface area contributed by atoms with Crippen molar-refractivity contribution in [2.24, 2.45) is 0 Å². The van der Waals surface area contributed by atoms with Crippen molar-refractivity contribution in [2.45, 2.75) is 38.7 Å². The van der Waals surface area contributed by atoms with Crippen molar-refractivity contribution in [1.29, 1.82) is 0 Å². The number of aliphatic hydroxyl groups excluding tert-OH is 1. The molecule has 0 aromatic carbocycles. The minimum atomic E-state index is -0.395. The molecule has 1 atom stereocenters. The molecule has 0 saturated heterocycles. The number of aromatic nitrogens is 2. The third kappa shape index (κ3) is 2.62. The molecule has 0 fully saturated rings. The van der Waals surface area contributed by atoms with Crippen LogP contribution in [0, 0.1) is 0 Å². The maximum absolute atomic E-state index is 9.25. The van der Waals surface area contributed by atoms with E-state index in [9.17, 15) is 5.11 Å². The first kappa shape index (κ1) is 11.6. The van der Waals surface area contributed by atoms with E-state index in [-0.39, 0.29) is 5.28 Å². The first-order valence-corrected chi connectivity index (χ1v) is 6.02. The second-order valence-corrected chi connectivity index (χ2v) is 4.54. The Kier molecular flexibility index (Phi) is 3.61. The lowest BCUT2D eigenvalue weighted by Crippen LogP contribution is -2.19. The largest absolute Gasteiger partial charge is 0.392 e. The van der Waals surface area contributed by atoms with Gasteiger partial charge < -0.3 is 10.4 Å². The first-order valence-electron chi connectivity index (χ1n) is 5.64. The van der Waals surface area contributed by atoms with E-state index in [0.29, 0.717) is 6.54 Å². The van der Waals surface area contributed by atoms with Gasteiger partial charge in [-0.3, -0.25) is 0 Å². The van der Waals surface area contributed by atoms with Crippen molar-refractivity contribution in [3.63, 3.8) is 0 Å². The maximum atomic E-state index is 9.25. The summed E-state index contributed by atoms with van der Waals surface area (Å²) < 4.78 is 0. The van der Waals surface area contributed by atoms with Crippen molar-refractivity contribution >= 4 is 17.4 Å². The Bertz CT molecular complexity index is 382. The molecule has 0 radical (unpaired) electrons. The second kappa shape index (κ2) is 4.97. The van der Waals surface area contributed by atoms with Crippen LogP contribution in [0.4, 0.5) is 5.82 Å². The van der Waals surface area contributed by atoms with Crippen LogP contribution in [0.15, 0.2) is 0 Å². The summed E-state index contributed by atoms with van der Waals surface area (Å²) in [7, 11) is 0. The van der Waals surface area contributed by atoms with E-state index in [1.165, 1.54) is 6.42 Å². The molecule has 1 aliphatic carbocycles. The van der Waals surface area contributed by atoms with E-state index in [2.05, 4.69) is 15.3 Å². The lowest BCUT2D eigenvalue weighted by atomic mass is 9.96. The van der Waals surface area contributed by atoms with Crippen LogP contribution < -0.4 is 5.32 Å². The van der Waals surface area contributed by atoms with Crippen LogP contribution in [-0.4, -0.2) is 27.7 Å². The first-order chi connectivity index (χ1) is 7.66. The minimum absolute atomic E-state index is 0.286. The molecule has 1 aromatic rings. The average Bonchev–Trinajstić information content (AvgIpc) is 2.25. The summed E-state index contributed by atoms with van der Waals surface area (Å²) in [5.74, 6) is 0.788. The molecule has 0 aliphatic heterocycles. The fourth-order valence-electron chi connectivity index (χ4n) is 1.95. The van der Waals surface area contributed by atoms with E-state index >= 15 is 0 Å². The Morgan fingerprint density at radius 2 is 2.12 bits per heavy atom. The monoisotopic (exact) mass is 241 g/mol. The van der Waals surface area contributed by atoms with Gasteiger partial charge in [0, 0.05) is 12.1 Å². The lowest BCUT2D eigenvalue weighted by molar-refractivity contribution is 0.208. The van der Waals surface area contributed by atoms with Gasteiger partial charge in [0.1, 0.15) is 5.82 Å². The normalized spacial score (nSPS) is 16.7. The zero-order valence-electron chi connectivity index (χ0n) is 9.33. The number of aryl methyl sites for hydroxylation is 1. The Hall–Kier alpha value is -0.870. The highest BCUT2D eigenvalue weighted by Crippen LogP contribution is 2.26. The molecule has 0 saturated carbocycles. The van der Waals surface area contributed by atoms with Gasteiger partial charge in [-0.15, -0.1) is 0 Å². The number of rotatable bonds is 3. The molecule has 0 spiro atoms. The molecular weight excluding hydrogens is 226 g/mol. The molecule has 4 nitrogen and oxygen atoms in total. The fraction of sp³-hybridized carbons (Fsp3) is 0.636. The highest BCUT2D eigenvalue weighted by atomic mass is 35.5. The van der Waals surface area contributed by atoms with Crippen LogP contribution >= 0.6 is 11.6 Å². The van der Waals surface area contributed by atoms with Gasteiger partial charge in [-0.25, -0.2) is 9.97 Å². The predicted octanol–water partition coefficient (Wildman–Crippen LogP) is 1.80. The van der Waals surface area contributed by atoms with Crippen LogP contribution in [0.3, 0.4) is 0 Å². The third-order valence-electron chi connectivity index (χ3n) is 2.72. The van der Waals surface area contributed by atoms with Gasteiger partial charge in [0.2, 0.25) is 5.28 Å². The van der Waals surface area contributed by atoms with Crippen molar-refractivity contribution in [3.8, 4) is 0 Å². The summed E-state index contributed by atoms with van der Waals surface area (Å²) >= 11 is 5.87. The standard InChI is InChI=1S/C11H16ClN3O/c1-7(16)6-13-10-8-4-2-3-5-9(8)14-11(12)15-10/h7,16H,2-6H2,1H3,(H,13,14,15). The maximum Gasteiger partial charge on any atom is 0.224 e. The molecule has 2 N–H and O–H groups in total. The average molecular weight is 242 g/mol. The molecule has 88 valence electrons. The Morgan fingerprint density at radius 1 is 1.38 bits per heavy atom. The summed E-state index contributed by atoms with van der Waals surface area (Å²) in [4.78, 5) is 8.44. The number of nitrogens with zero attached hydrogens (tertiary/aromatic N) is 2. The molecule has 1 heterocycles. The van der Waals surface area contributed by atoms with Gasteiger partial charge in [0.05, 0.1) is 11.8 Å². The molecule has 2 rings (SSSR count). The van der Waals surface area contributed by atoms with Gasteiger partial charge in [0.25, 0.3) is 0 Å². The summed E-state index contributed by atoms with van der Waals surface area (Å²) in [5.41, 5.74) is 2.22. The number of halogens is 1. The summed E-state index contributed by atoms with van der Waals surface area (Å²) in [6.45, 7) is 2.22. The molecule has 1 unspecified atom stereocenters. The van der Waals surface area contributed by atoms with Crippen molar-refractivity contribution in [3.05, 3.63) is 16.5 Å². The molecule has 0 bridgehead atoms. The van der Waals surface area contributed by atoms with Crippen LogP contribution in [0.25, 0.3) is 0 Å². The number of hydrogen-bond acceptors (Lipinski definition) is 4. The number of nitrogens with one attached hydrogen (secondary N) is 1. The van der Waals surface area contributed by atoms with Crippen LogP contribution in [0.1, 0.15) is 31.0 Å². The van der Waals surface area contributed by atoms with Gasteiger partial charge >= 0.3 is 0 Å². The molecule has 16 heavy (non-hydrogen) atoms. The summed E-state index contributed by atoms with van der Waals surface area (Å²) in [5, 5.41) is 12.7. The second-order valence-electron chi connectivity index (χ2n) is 4.20. The van der Waals surface area contributed by atoms with Crippen LogP contribution in [-0.2, 0) is 12.8 Å². The fourth-order valence-corrected chi connectivity index (χ4v) is 2.14. The summed E-state index contributed by atoms with van der Waals surface area (Å²) in [6.07, 6.45) is 3.90. The van der Waals surface area contributed by atoms with Gasteiger partial charge in [0.15, 0.2) is 0 Å². The quantitative estimate of drug-likeness (QED) is 0.793. The van der Waals surface area contributed by atoms with E-state index < -0.39 is 6.10 Å². The van der Waals surface area contributed by atoms with E-state index in [1.807, 2.05) is 0 Å². The van der Waals surface area contributed by atoms with Crippen LogP contribution in [0.2, 0.25) is 5.28 Å². The Labute approximate surface area is 100 Å². The highest BCUT2D eigenvalue weighted by Gasteiger charge is 2.17. The molecular formula is C11H16ClN3O. The van der Waals surface area contributed by atoms with Crippen LogP contribution in [0.5, 0.6) is 0 Å². The highest BCUT2D eigenvalue weighted by molar-refractivity contribution is 6.28. The number of fused-ring (bicyclic) bond motifs is 1. The molecule has 1 aliphatic rings. The summed E-state index contributed by atoms with van der Waals surface area (Å²) in [6, 6.07) is 0. The molecule has 0 amide bonds. The van der Waals surface area contributed by atoms with Gasteiger partial charge in [-0.1, -0.05) is 0 Å². The third-order valence-corrected chi connectivity index (χ3v) is 2.89. The number of hydrogen-bond donors (Lipinski definition) is 2. The topological polar surface area (TPSA) is 58.0 Å². The molecule has 1 aromatic heterocycles. The van der Waals surface area contributed by atoms with Gasteiger partial charge in [-0.2, -0.15) is 0 Å². The SMILES string of the molecule is CC(O)CNc1nc(Cl)nc2c1CCCC2.